The summed E-state index contributed by atoms with van der Waals surface area (Å²) in [6.45, 7) is 5.66. The molecule has 6 nitrogen and oxygen atoms in total. The summed E-state index contributed by atoms with van der Waals surface area (Å²) in [5.41, 5.74) is 4.58. The van der Waals surface area contributed by atoms with Crippen molar-refractivity contribution in [3.63, 3.8) is 0 Å². The van der Waals surface area contributed by atoms with Crippen molar-refractivity contribution in [1.82, 2.24) is 4.98 Å². The molecule has 7 heteroatoms. The van der Waals surface area contributed by atoms with E-state index >= 15 is 0 Å². The van der Waals surface area contributed by atoms with E-state index in [1.165, 1.54) is 18.2 Å². The monoisotopic (exact) mass is 408 g/mol. The molecule has 29 heavy (non-hydrogen) atoms. The van der Waals surface area contributed by atoms with Crippen LogP contribution in [-0.2, 0) is 10.0 Å². The Hall–Kier alpha value is -3.32. The number of oxazole rings is 1. The van der Waals surface area contributed by atoms with E-state index in [4.69, 9.17) is 4.42 Å². The van der Waals surface area contributed by atoms with E-state index in [0.717, 1.165) is 11.1 Å². The zero-order valence-electron chi connectivity index (χ0n) is 16.2. The van der Waals surface area contributed by atoms with Crippen LogP contribution in [-0.4, -0.2) is 18.5 Å². The normalized spacial score (nSPS) is 11.7. The fourth-order valence-corrected chi connectivity index (χ4v) is 4.17. The fraction of sp³-hybridized carbons (Fsp3) is 0.136. The number of phenols is 1. The number of aromatic hydroxyl groups is 1. The van der Waals surface area contributed by atoms with Crippen molar-refractivity contribution in [2.45, 2.75) is 25.7 Å². The second kappa shape index (κ2) is 6.93. The minimum Gasteiger partial charge on any atom is -0.507 e. The van der Waals surface area contributed by atoms with Crippen molar-refractivity contribution in [2.24, 2.45) is 0 Å². The molecule has 0 saturated carbocycles. The van der Waals surface area contributed by atoms with E-state index in [2.05, 4.69) is 9.71 Å². The molecule has 0 saturated heterocycles. The number of fused-ring (bicyclic) bond motifs is 1. The molecule has 4 rings (SSSR count). The molecule has 1 aromatic heterocycles. The Morgan fingerprint density at radius 2 is 1.62 bits per heavy atom. The highest BCUT2D eigenvalue weighted by molar-refractivity contribution is 7.92. The average Bonchev–Trinajstić information content (AvgIpc) is 3.07. The minimum atomic E-state index is -3.76. The summed E-state index contributed by atoms with van der Waals surface area (Å²) in [5.74, 6) is 0.221. The second-order valence-electron chi connectivity index (χ2n) is 7.03. The van der Waals surface area contributed by atoms with Crippen molar-refractivity contribution >= 4 is 26.8 Å². The van der Waals surface area contributed by atoms with Crippen molar-refractivity contribution in [2.75, 3.05) is 4.72 Å². The quantitative estimate of drug-likeness (QED) is 0.467. The number of benzene rings is 3. The molecule has 0 fully saturated rings. The number of hydrogen-bond donors (Lipinski definition) is 2. The third-order valence-corrected chi connectivity index (χ3v) is 6.24. The summed E-state index contributed by atoms with van der Waals surface area (Å²) in [6.07, 6.45) is 0. The lowest BCUT2D eigenvalue weighted by atomic mass is 10.1. The lowest BCUT2D eigenvalue weighted by Gasteiger charge is -2.11. The Kier molecular flexibility index (Phi) is 4.55. The van der Waals surface area contributed by atoms with Gasteiger partial charge >= 0.3 is 0 Å². The number of aromatic nitrogens is 1. The first-order chi connectivity index (χ1) is 13.7. The SMILES string of the molecule is Cc1cc2nc(-c3cc(NS(=O)(=O)c4ccccc4)cc(C)c3O)oc2cc1C. The molecule has 0 aliphatic rings. The second-order valence-corrected chi connectivity index (χ2v) is 8.71. The smallest absolute Gasteiger partial charge is 0.261 e. The van der Waals surface area contributed by atoms with Gasteiger partial charge in [0.2, 0.25) is 5.89 Å². The van der Waals surface area contributed by atoms with Crippen molar-refractivity contribution in [3.8, 4) is 17.2 Å². The molecule has 1 heterocycles. The summed E-state index contributed by atoms with van der Waals surface area (Å²) in [6, 6.07) is 15.0. The summed E-state index contributed by atoms with van der Waals surface area (Å²) in [4.78, 5) is 4.63. The number of hydrogen-bond acceptors (Lipinski definition) is 5. The Balaban J connectivity index is 1.79. The van der Waals surface area contributed by atoms with E-state index < -0.39 is 10.0 Å². The van der Waals surface area contributed by atoms with Crippen LogP contribution < -0.4 is 4.72 Å². The third kappa shape index (κ3) is 3.56. The number of rotatable bonds is 4. The van der Waals surface area contributed by atoms with Crippen LogP contribution in [0.4, 0.5) is 5.69 Å². The van der Waals surface area contributed by atoms with Crippen molar-refractivity contribution in [3.05, 3.63) is 71.3 Å². The largest absolute Gasteiger partial charge is 0.507 e. The number of phenolic OH excluding ortho intramolecular Hbond substituents is 1. The first-order valence-corrected chi connectivity index (χ1v) is 10.5. The van der Waals surface area contributed by atoms with Gasteiger partial charge in [0.05, 0.1) is 16.1 Å². The molecule has 0 aliphatic heterocycles. The van der Waals surface area contributed by atoms with Gasteiger partial charge in [-0.15, -0.1) is 0 Å². The highest BCUT2D eigenvalue weighted by atomic mass is 32.2. The molecular weight excluding hydrogens is 388 g/mol. The zero-order chi connectivity index (χ0) is 20.8. The van der Waals surface area contributed by atoms with Crippen LogP contribution >= 0.6 is 0 Å². The van der Waals surface area contributed by atoms with E-state index in [-0.39, 0.29) is 16.5 Å². The molecule has 0 radical (unpaired) electrons. The average molecular weight is 408 g/mol. The number of anilines is 1. The van der Waals surface area contributed by atoms with Crippen LogP contribution in [0.15, 0.2) is 63.9 Å². The topological polar surface area (TPSA) is 92.4 Å². The van der Waals surface area contributed by atoms with Crippen LogP contribution in [0.5, 0.6) is 5.75 Å². The molecule has 0 unspecified atom stereocenters. The molecular formula is C22H20N2O4S. The predicted octanol–water partition coefficient (Wildman–Crippen LogP) is 4.93. The van der Waals surface area contributed by atoms with Gasteiger partial charge in [0, 0.05) is 0 Å². The van der Waals surface area contributed by atoms with E-state index in [0.29, 0.717) is 27.9 Å². The van der Waals surface area contributed by atoms with Crippen LogP contribution in [0.3, 0.4) is 0 Å². The highest BCUT2D eigenvalue weighted by Crippen LogP contribution is 2.37. The summed E-state index contributed by atoms with van der Waals surface area (Å²) >= 11 is 0. The predicted molar refractivity (Wildman–Crippen MR) is 113 cm³/mol. The third-order valence-electron chi connectivity index (χ3n) is 4.84. The molecule has 0 atom stereocenters. The standard InChI is InChI=1S/C22H20N2O4S/c1-13-10-19-20(11-14(13)2)28-22(23-19)18-12-16(9-15(3)21(18)25)24-29(26,27)17-7-5-4-6-8-17/h4-12,24-25H,1-3H3. The zero-order valence-corrected chi connectivity index (χ0v) is 17.0. The first kappa shape index (κ1) is 19.0. The lowest BCUT2D eigenvalue weighted by Crippen LogP contribution is -2.13. The number of sulfonamides is 1. The van der Waals surface area contributed by atoms with Gasteiger partial charge in [0.15, 0.2) is 5.58 Å². The minimum absolute atomic E-state index is 0.00680. The van der Waals surface area contributed by atoms with E-state index in [9.17, 15) is 13.5 Å². The van der Waals surface area contributed by atoms with Gasteiger partial charge in [0.25, 0.3) is 10.0 Å². The summed E-state index contributed by atoms with van der Waals surface area (Å²) in [7, 11) is -3.76. The molecule has 0 spiro atoms. The van der Waals surface area contributed by atoms with Gasteiger partial charge < -0.3 is 9.52 Å². The molecule has 148 valence electrons. The lowest BCUT2D eigenvalue weighted by molar-refractivity contribution is 0.470. The van der Waals surface area contributed by atoms with E-state index in [1.54, 1.807) is 31.2 Å². The molecule has 2 N–H and O–H groups in total. The number of nitrogens with one attached hydrogen (secondary N) is 1. The Bertz CT molecular complexity index is 1290. The van der Waals surface area contributed by atoms with E-state index in [1.807, 2.05) is 26.0 Å². The van der Waals surface area contributed by atoms with Gasteiger partial charge in [-0.1, -0.05) is 18.2 Å². The maximum Gasteiger partial charge on any atom is 0.261 e. The molecule has 0 amide bonds. The summed E-state index contributed by atoms with van der Waals surface area (Å²) in [5, 5.41) is 10.5. The van der Waals surface area contributed by atoms with Crippen LogP contribution in [0.2, 0.25) is 0 Å². The van der Waals surface area contributed by atoms with Crippen molar-refractivity contribution in [1.29, 1.82) is 0 Å². The van der Waals surface area contributed by atoms with Gasteiger partial charge in [-0.2, -0.15) is 0 Å². The molecule has 0 bridgehead atoms. The molecule has 4 aromatic rings. The highest BCUT2D eigenvalue weighted by Gasteiger charge is 2.19. The van der Waals surface area contributed by atoms with Crippen LogP contribution in [0.25, 0.3) is 22.6 Å². The van der Waals surface area contributed by atoms with Crippen LogP contribution in [0, 0.1) is 20.8 Å². The molecule has 0 aliphatic carbocycles. The maximum absolute atomic E-state index is 12.6. The van der Waals surface area contributed by atoms with Gasteiger partial charge in [0.1, 0.15) is 11.3 Å². The fourth-order valence-electron chi connectivity index (χ4n) is 3.11. The van der Waals surface area contributed by atoms with Gasteiger partial charge in [-0.05, 0) is 73.9 Å². The Morgan fingerprint density at radius 1 is 0.931 bits per heavy atom. The van der Waals surface area contributed by atoms with Crippen LogP contribution in [0.1, 0.15) is 16.7 Å². The Labute approximate surface area is 168 Å². The van der Waals surface area contributed by atoms with Gasteiger partial charge in [-0.25, -0.2) is 13.4 Å². The maximum atomic E-state index is 12.6. The number of nitrogens with zero attached hydrogens (tertiary/aromatic N) is 1. The first-order valence-electron chi connectivity index (χ1n) is 9.04. The summed E-state index contributed by atoms with van der Waals surface area (Å²) < 4.78 is 33.7. The Morgan fingerprint density at radius 3 is 2.34 bits per heavy atom. The molecule has 3 aromatic carbocycles. The van der Waals surface area contributed by atoms with Gasteiger partial charge in [-0.3, -0.25) is 4.72 Å². The number of aryl methyl sites for hydroxylation is 3. The van der Waals surface area contributed by atoms with Crippen molar-refractivity contribution < 1.29 is 17.9 Å².